The van der Waals surface area contributed by atoms with Crippen molar-refractivity contribution in [1.29, 1.82) is 5.26 Å². The molecular weight excluding hydrogens is 709 g/mol. The average Bonchev–Trinajstić information content (AvgIpc) is 3.75. The van der Waals surface area contributed by atoms with Crippen LogP contribution in [0.4, 0.5) is 8.78 Å². The molecule has 0 radical (unpaired) electrons. The number of nitriles is 1. The third-order valence-corrected chi connectivity index (χ3v) is 10.9. The predicted octanol–water partition coefficient (Wildman–Crippen LogP) is 6.60. The molecular formula is C42H47F2N5O4S. The van der Waals surface area contributed by atoms with E-state index in [2.05, 4.69) is 20.4 Å². The number of piperidine rings is 2. The number of Topliss-reactive ketones (excluding diaryl/α,β-unsaturated/α-hetero) is 1. The van der Waals surface area contributed by atoms with Crippen molar-refractivity contribution < 1.29 is 27.9 Å². The number of hydrogen-bond acceptors (Lipinski definition) is 8. The number of carbonyl (C=O) groups excluding carboxylic acids is 3. The van der Waals surface area contributed by atoms with Crippen LogP contribution < -0.4 is 15.4 Å². The number of nitrogens with one attached hydrogen (secondary N) is 2. The molecule has 2 aliphatic rings. The highest BCUT2D eigenvalue weighted by Crippen LogP contribution is 2.25. The first-order chi connectivity index (χ1) is 26.2. The van der Waals surface area contributed by atoms with Gasteiger partial charge in [0, 0.05) is 37.7 Å². The highest BCUT2D eigenvalue weighted by Gasteiger charge is 2.26. The van der Waals surface area contributed by atoms with E-state index in [0.717, 1.165) is 76.2 Å². The Balaban J connectivity index is 0.000000210. The van der Waals surface area contributed by atoms with Gasteiger partial charge in [-0.05, 0) is 136 Å². The maximum atomic E-state index is 13.0. The van der Waals surface area contributed by atoms with Crippen molar-refractivity contribution in [1.82, 2.24) is 20.4 Å². The molecule has 0 unspecified atom stereocenters. The van der Waals surface area contributed by atoms with Gasteiger partial charge in [0.2, 0.25) is 0 Å². The molecule has 284 valence electrons. The number of likely N-dealkylation sites (tertiary alicyclic amines) is 2. The first-order valence-electron chi connectivity index (χ1n) is 18.4. The summed E-state index contributed by atoms with van der Waals surface area (Å²) in [4.78, 5) is 42.3. The number of methoxy groups -OCH3 is 1. The molecule has 4 aromatic rings. The van der Waals surface area contributed by atoms with Crippen LogP contribution in [0.5, 0.6) is 5.75 Å². The van der Waals surface area contributed by atoms with E-state index in [1.807, 2.05) is 35.7 Å². The Bertz CT molecular complexity index is 1850. The Morgan fingerprint density at radius 2 is 1.41 bits per heavy atom. The Labute approximate surface area is 319 Å². The maximum absolute atomic E-state index is 13.0. The van der Waals surface area contributed by atoms with Gasteiger partial charge in [-0.25, -0.2) is 8.78 Å². The van der Waals surface area contributed by atoms with E-state index in [1.165, 1.54) is 60.4 Å². The van der Waals surface area contributed by atoms with Crippen LogP contribution in [0, 0.1) is 34.8 Å². The molecule has 2 aliphatic heterocycles. The first kappa shape index (κ1) is 40.2. The van der Waals surface area contributed by atoms with E-state index in [-0.39, 0.29) is 35.1 Å². The maximum Gasteiger partial charge on any atom is 0.255 e. The van der Waals surface area contributed by atoms with Crippen molar-refractivity contribution >= 4 is 28.9 Å². The van der Waals surface area contributed by atoms with Crippen LogP contribution in [0.15, 0.2) is 84.2 Å². The molecule has 54 heavy (non-hydrogen) atoms. The fourth-order valence-electron chi connectivity index (χ4n) is 6.82. The molecule has 9 nitrogen and oxygen atoms in total. The van der Waals surface area contributed by atoms with Crippen LogP contribution in [0.1, 0.15) is 67.2 Å². The molecule has 12 heteroatoms. The van der Waals surface area contributed by atoms with Gasteiger partial charge in [-0.2, -0.15) is 5.26 Å². The molecule has 1 aromatic heterocycles. The number of nitrogens with zero attached hydrogens (tertiary/aromatic N) is 3. The van der Waals surface area contributed by atoms with Gasteiger partial charge >= 0.3 is 0 Å². The molecule has 0 atom stereocenters. The van der Waals surface area contributed by atoms with Crippen molar-refractivity contribution in [2.24, 2.45) is 11.8 Å². The lowest BCUT2D eigenvalue weighted by molar-refractivity contribution is 0.0842. The van der Waals surface area contributed by atoms with E-state index >= 15 is 0 Å². The molecule has 2 amide bonds. The van der Waals surface area contributed by atoms with Crippen LogP contribution >= 0.6 is 11.3 Å². The quantitative estimate of drug-likeness (QED) is 0.148. The zero-order valence-corrected chi connectivity index (χ0v) is 31.4. The van der Waals surface area contributed by atoms with Gasteiger partial charge in [0.15, 0.2) is 5.78 Å². The summed E-state index contributed by atoms with van der Waals surface area (Å²) in [5, 5.41) is 16.7. The normalized spacial score (nSPS) is 15.4. The SMILES string of the molecule is COc1ccc(C#N)cc1C(=O)NCCN1CCC(Cc2ccc(F)cc2)CC1.O=C(NCCN1CCC(C(=O)c2cccs2)CC1)c1ccc(F)cc1. The third-order valence-electron chi connectivity index (χ3n) is 9.97. The molecule has 0 saturated carbocycles. The number of ether oxygens (including phenoxy) is 1. The number of hydrogen-bond donors (Lipinski definition) is 2. The van der Waals surface area contributed by atoms with E-state index < -0.39 is 0 Å². The number of benzene rings is 3. The number of thiophene rings is 1. The lowest BCUT2D eigenvalue weighted by Gasteiger charge is -2.32. The zero-order valence-electron chi connectivity index (χ0n) is 30.6. The van der Waals surface area contributed by atoms with Crippen LogP contribution in [0.3, 0.4) is 0 Å². The van der Waals surface area contributed by atoms with Gasteiger partial charge in [-0.15, -0.1) is 11.3 Å². The number of rotatable bonds is 13. The Hall–Kier alpha value is -4.96. The second-order valence-corrected chi connectivity index (χ2v) is 14.6. The molecule has 3 heterocycles. The van der Waals surface area contributed by atoms with Crippen LogP contribution in [0.2, 0.25) is 0 Å². The number of carbonyl (C=O) groups is 3. The fourth-order valence-corrected chi connectivity index (χ4v) is 7.56. The van der Waals surface area contributed by atoms with Crippen LogP contribution in [-0.2, 0) is 6.42 Å². The molecule has 3 aromatic carbocycles. The summed E-state index contributed by atoms with van der Waals surface area (Å²) in [6, 6.07) is 23.0. The molecule has 0 spiro atoms. The summed E-state index contributed by atoms with van der Waals surface area (Å²) in [6.07, 6.45) is 4.91. The largest absolute Gasteiger partial charge is 0.496 e. The van der Waals surface area contributed by atoms with Gasteiger partial charge in [0.05, 0.1) is 29.2 Å². The summed E-state index contributed by atoms with van der Waals surface area (Å²) in [5.41, 5.74) is 2.45. The van der Waals surface area contributed by atoms with Crippen molar-refractivity contribution in [2.45, 2.75) is 32.1 Å². The summed E-state index contributed by atoms with van der Waals surface area (Å²) < 4.78 is 31.1. The first-order valence-corrected chi connectivity index (χ1v) is 19.3. The van der Waals surface area contributed by atoms with E-state index in [1.54, 1.807) is 18.2 Å². The highest BCUT2D eigenvalue weighted by molar-refractivity contribution is 7.12. The van der Waals surface area contributed by atoms with Gasteiger partial charge in [-0.3, -0.25) is 14.4 Å². The minimum absolute atomic E-state index is 0.115. The molecule has 2 saturated heterocycles. The lowest BCUT2D eigenvalue weighted by Crippen LogP contribution is -2.40. The molecule has 0 aliphatic carbocycles. The monoisotopic (exact) mass is 755 g/mol. The van der Waals surface area contributed by atoms with Crippen LogP contribution in [-0.4, -0.2) is 86.9 Å². The smallest absolute Gasteiger partial charge is 0.255 e. The van der Waals surface area contributed by atoms with Crippen LogP contribution in [0.25, 0.3) is 0 Å². The Morgan fingerprint density at radius 3 is 1.98 bits per heavy atom. The minimum Gasteiger partial charge on any atom is -0.496 e. The van der Waals surface area contributed by atoms with E-state index in [0.29, 0.717) is 41.4 Å². The molecule has 6 rings (SSSR count). The fraction of sp³-hybridized carbons (Fsp3) is 0.381. The van der Waals surface area contributed by atoms with Crippen molar-refractivity contribution in [2.75, 3.05) is 59.5 Å². The van der Waals surface area contributed by atoms with Gasteiger partial charge in [0.25, 0.3) is 11.8 Å². The predicted molar refractivity (Wildman–Crippen MR) is 206 cm³/mol. The van der Waals surface area contributed by atoms with E-state index in [9.17, 15) is 23.2 Å². The standard InChI is InChI=1S/C23H26FN3O2.C19H21FN2O2S/c1-29-22-7-4-19(16-25)15-21(22)23(28)26-10-13-27-11-8-18(9-12-27)14-17-2-5-20(24)6-3-17;20-16-5-3-15(4-6-16)19(24)21-9-12-22-10-7-14(8-11-22)18(23)17-2-1-13-25-17/h2-7,15,18H,8-14H2,1H3,(H,26,28);1-6,13-14H,7-12H2,(H,21,24). The summed E-state index contributed by atoms with van der Waals surface area (Å²) in [5.74, 6) is 0.488. The van der Waals surface area contributed by atoms with Gasteiger partial charge in [0.1, 0.15) is 17.4 Å². The molecule has 2 fully saturated rings. The second-order valence-electron chi connectivity index (χ2n) is 13.6. The Kier molecular flexibility index (Phi) is 15.3. The lowest BCUT2D eigenvalue weighted by atomic mass is 9.90. The van der Waals surface area contributed by atoms with Crippen molar-refractivity contribution in [3.8, 4) is 11.8 Å². The van der Waals surface area contributed by atoms with Gasteiger partial charge in [-0.1, -0.05) is 18.2 Å². The number of amides is 2. The third kappa shape index (κ3) is 12.0. The van der Waals surface area contributed by atoms with Crippen molar-refractivity contribution in [3.05, 3.63) is 123 Å². The minimum atomic E-state index is -0.350. The topological polar surface area (TPSA) is 115 Å². The summed E-state index contributed by atoms with van der Waals surface area (Å²) in [6.45, 7) is 6.36. The zero-order chi connectivity index (χ0) is 38.3. The number of halogens is 2. The molecule has 2 N–H and O–H groups in total. The van der Waals surface area contributed by atoms with Crippen molar-refractivity contribution in [3.63, 3.8) is 0 Å². The van der Waals surface area contributed by atoms with Gasteiger partial charge < -0.3 is 25.2 Å². The average molecular weight is 756 g/mol. The second kappa shape index (κ2) is 20.5. The summed E-state index contributed by atoms with van der Waals surface area (Å²) in [7, 11) is 1.51. The summed E-state index contributed by atoms with van der Waals surface area (Å²) >= 11 is 1.51. The number of ketones is 1. The van der Waals surface area contributed by atoms with E-state index in [4.69, 9.17) is 10.00 Å². The highest BCUT2D eigenvalue weighted by atomic mass is 32.1. The molecule has 0 bridgehead atoms. The Morgan fingerprint density at radius 1 is 0.815 bits per heavy atom.